The van der Waals surface area contributed by atoms with Crippen LogP contribution in [0.5, 0.6) is 0 Å². The van der Waals surface area contributed by atoms with Gasteiger partial charge >= 0.3 is 0 Å². The minimum absolute atomic E-state index is 0.0495. The molecule has 0 radical (unpaired) electrons. The number of Topliss-reactive ketones (excluding diaryl/α,β-unsaturated/α-hetero) is 1. The van der Waals surface area contributed by atoms with Gasteiger partial charge in [0.1, 0.15) is 5.82 Å². The Labute approximate surface area is 101 Å². The maximum Gasteiger partial charge on any atom is 0.216 e. The monoisotopic (exact) mass is 242 g/mol. The lowest BCUT2D eigenvalue weighted by atomic mass is 9.84. The van der Waals surface area contributed by atoms with Crippen LogP contribution in [-0.2, 0) is 0 Å². The van der Waals surface area contributed by atoms with E-state index in [2.05, 4.69) is 10.1 Å². The molecule has 1 aliphatic rings. The maximum atomic E-state index is 13.3. The predicted octanol–water partition coefficient (Wildman–Crippen LogP) is 2.26. The number of hydrogen-bond acceptors (Lipinski definition) is 4. The van der Waals surface area contributed by atoms with Crippen molar-refractivity contribution in [1.29, 1.82) is 0 Å². The molecule has 18 heavy (non-hydrogen) atoms. The van der Waals surface area contributed by atoms with Gasteiger partial charge in [0.25, 0.3) is 0 Å². The van der Waals surface area contributed by atoms with Crippen molar-refractivity contribution in [2.24, 2.45) is 5.16 Å². The smallest absolute Gasteiger partial charge is 0.216 e. The molecule has 3 rings (SSSR count). The van der Waals surface area contributed by atoms with Crippen LogP contribution in [0.2, 0.25) is 0 Å². The predicted molar refractivity (Wildman–Crippen MR) is 62.3 cm³/mol. The number of rotatable bonds is 0. The number of aromatic nitrogens is 1. The summed E-state index contributed by atoms with van der Waals surface area (Å²) < 4.78 is 13.3. The van der Waals surface area contributed by atoms with Crippen LogP contribution in [0.1, 0.15) is 15.9 Å². The molecule has 0 fully saturated rings. The van der Waals surface area contributed by atoms with E-state index in [4.69, 9.17) is 5.21 Å². The molecule has 1 N–H and O–H groups in total. The molecule has 0 amide bonds. The molecular weight excluding hydrogens is 235 g/mol. The molecule has 1 aliphatic carbocycles. The van der Waals surface area contributed by atoms with Crippen molar-refractivity contribution >= 4 is 11.5 Å². The Morgan fingerprint density at radius 3 is 2.72 bits per heavy atom. The van der Waals surface area contributed by atoms with Crippen LogP contribution in [0, 0.1) is 5.82 Å². The third-order valence-electron chi connectivity index (χ3n) is 2.91. The summed E-state index contributed by atoms with van der Waals surface area (Å²) in [6.07, 6.45) is 3.01. The largest absolute Gasteiger partial charge is 0.410 e. The zero-order valence-corrected chi connectivity index (χ0v) is 9.09. The summed E-state index contributed by atoms with van der Waals surface area (Å²) in [6.45, 7) is 0. The highest BCUT2D eigenvalue weighted by Crippen LogP contribution is 2.33. The fourth-order valence-corrected chi connectivity index (χ4v) is 2.10. The van der Waals surface area contributed by atoms with Gasteiger partial charge < -0.3 is 5.21 Å². The van der Waals surface area contributed by atoms with Gasteiger partial charge in [-0.05, 0) is 29.8 Å². The van der Waals surface area contributed by atoms with E-state index in [0.29, 0.717) is 22.3 Å². The standard InChI is InChI=1S/C13H7FN2O2/c14-7-1-2-9-10(5-7)11-6-15-4-3-8(11)12(16-18)13(9)17/h1-6,18H/b16-12+. The van der Waals surface area contributed by atoms with Gasteiger partial charge in [-0.3, -0.25) is 9.78 Å². The Balaban J connectivity index is 2.41. The van der Waals surface area contributed by atoms with Gasteiger partial charge in [-0.2, -0.15) is 0 Å². The lowest BCUT2D eigenvalue weighted by Crippen LogP contribution is -2.22. The second kappa shape index (κ2) is 3.73. The van der Waals surface area contributed by atoms with Gasteiger partial charge in [0.15, 0.2) is 5.71 Å². The highest BCUT2D eigenvalue weighted by Gasteiger charge is 2.29. The molecule has 0 unspecified atom stereocenters. The number of nitrogens with zero attached hydrogens (tertiary/aromatic N) is 2. The van der Waals surface area contributed by atoms with Crippen LogP contribution in [0.3, 0.4) is 0 Å². The molecule has 1 aromatic heterocycles. The second-order valence-corrected chi connectivity index (χ2v) is 3.89. The zero-order valence-electron chi connectivity index (χ0n) is 9.09. The Hall–Kier alpha value is -2.56. The van der Waals surface area contributed by atoms with Crippen molar-refractivity contribution in [2.75, 3.05) is 0 Å². The highest BCUT2D eigenvalue weighted by atomic mass is 19.1. The maximum absolute atomic E-state index is 13.3. The first-order valence-electron chi connectivity index (χ1n) is 5.23. The number of hydrogen-bond donors (Lipinski definition) is 1. The summed E-state index contributed by atoms with van der Waals surface area (Å²) in [5, 5.41) is 12.0. The van der Waals surface area contributed by atoms with Crippen LogP contribution in [0.4, 0.5) is 4.39 Å². The van der Waals surface area contributed by atoms with Crippen LogP contribution >= 0.6 is 0 Å². The first-order valence-corrected chi connectivity index (χ1v) is 5.23. The third kappa shape index (κ3) is 1.34. The van der Waals surface area contributed by atoms with Gasteiger partial charge in [0, 0.05) is 29.1 Å². The lowest BCUT2D eigenvalue weighted by molar-refractivity contribution is 0.106. The lowest BCUT2D eigenvalue weighted by Gasteiger charge is -2.18. The van der Waals surface area contributed by atoms with Gasteiger partial charge in [-0.1, -0.05) is 5.16 Å². The zero-order chi connectivity index (χ0) is 12.7. The number of ketones is 1. The average Bonchev–Trinajstić information content (AvgIpc) is 2.39. The average molecular weight is 242 g/mol. The number of fused-ring (bicyclic) bond motifs is 3. The number of benzene rings is 1. The molecule has 0 aliphatic heterocycles. The summed E-state index contributed by atoms with van der Waals surface area (Å²) in [6, 6.07) is 5.43. The Morgan fingerprint density at radius 2 is 1.94 bits per heavy atom. The molecule has 0 atom stereocenters. The Morgan fingerprint density at radius 1 is 1.11 bits per heavy atom. The fourth-order valence-electron chi connectivity index (χ4n) is 2.10. The molecule has 2 aromatic rings. The van der Waals surface area contributed by atoms with Gasteiger partial charge in [-0.25, -0.2) is 4.39 Å². The van der Waals surface area contributed by atoms with Crippen molar-refractivity contribution in [3.63, 3.8) is 0 Å². The van der Waals surface area contributed by atoms with Gasteiger partial charge in [0.2, 0.25) is 5.78 Å². The fraction of sp³-hybridized carbons (Fsp3) is 0. The van der Waals surface area contributed by atoms with E-state index in [9.17, 15) is 9.18 Å². The molecule has 0 saturated heterocycles. The number of oxime groups is 1. The topological polar surface area (TPSA) is 62.5 Å². The molecule has 0 bridgehead atoms. The normalized spacial score (nSPS) is 15.4. The summed E-state index contributed by atoms with van der Waals surface area (Å²) in [7, 11) is 0. The highest BCUT2D eigenvalue weighted by molar-refractivity contribution is 6.54. The van der Waals surface area contributed by atoms with E-state index in [0.717, 1.165) is 0 Å². The van der Waals surface area contributed by atoms with Crippen molar-refractivity contribution < 1.29 is 14.4 Å². The number of carbonyl (C=O) groups is 1. The Kier molecular flexibility index (Phi) is 2.19. The number of pyridine rings is 1. The van der Waals surface area contributed by atoms with E-state index in [1.165, 1.54) is 30.6 Å². The van der Waals surface area contributed by atoms with Gasteiger partial charge in [-0.15, -0.1) is 0 Å². The van der Waals surface area contributed by atoms with Crippen molar-refractivity contribution in [3.05, 3.63) is 53.6 Å². The van der Waals surface area contributed by atoms with Crippen molar-refractivity contribution in [3.8, 4) is 11.1 Å². The summed E-state index contributed by atoms with van der Waals surface area (Å²) in [4.78, 5) is 16.0. The first kappa shape index (κ1) is 10.6. The van der Waals surface area contributed by atoms with E-state index in [-0.39, 0.29) is 5.71 Å². The molecule has 0 saturated carbocycles. The van der Waals surface area contributed by atoms with Crippen LogP contribution in [-0.4, -0.2) is 21.7 Å². The number of carbonyl (C=O) groups excluding carboxylic acids is 1. The van der Waals surface area contributed by atoms with E-state index in [1.807, 2.05) is 0 Å². The van der Waals surface area contributed by atoms with Gasteiger partial charge in [0.05, 0.1) is 0 Å². The Bertz CT molecular complexity index is 695. The SMILES string of the molecule is O=C1/C(=N/O)c2ccncc2-c2cc(F)ccc21. The second-order valence-electron chi connectivity index (χ2n) is 3.89. The van der Waals surface area contributed by atoms with Crippen molar-refractivity contribution in [1.82, 2.24) is 4.98 Å². The molecule has 5 heteroatoms. The van der Waals surface area contributed by atoms with E-state index >= 15 is 0 Å². The van der Waals surface area contributed by atoms with E-state index in [1.54, 1.807) is 6.07 Å². The van der Waals surface area contributed by atoms with E-state index < -0.39 is 11.6 Å². The summed E-state index contributed by atoms with van der Waals surface area (Å²) in [5.41, 5.74) is 1.77. The minimum Gasteiger partial charge on any atom is -0.410 e. The quantitative estimate of drug-likeness (QED) is 0.569. The van der Waals surface area contributed by atoms with Crippen LogP contribution in [0.25, 0.3) is 11.1 Å². The summed E-state index contributed by atoms with van der Waals surface area (Å²) in [5.74, 6) is -0.855. The first-order chi connectivity index (χ1) is 8.72. The van der Waals surface area contributed by atoms with Crippen LogP contribution in [0.15, 0.2) is 41.8 Å². The minimum atomic E-state index is -0.430. The molecule has 1 aromatic carbocycles. The van der Waals surface area contributed by atoms with Crippen molar-refractivity contribution in [2.45, 2.75) is 0 Å². The number of halogens is 1. The third-order valence-corrected chi connectivity index (χ3v) is 2.91. The molecule has 4 nitrogen and oxygen atoms in total. The molecule has 0 spiro atoms. The summed E-state index contributed by atoms with van der Waals surface area (Å²) >= 11 is 0. The molecule has 88 valence electrons. The molecular formula is C13H7FN2O2. The van der Waals surface area contributed by atoms with Crippen LogP contribution < -0.4 is 0 Å². The molecule has 1 heterocycles.